The summed E-state index contributed by atoms with van der Waals surface area (Å²) in [6.45, 7) is 4.58. The van der Waals surface area contributed by atoms with E-state index < -0.39 is 11.7 Å². The van der Waals surface area contributed by atoms with Crippen molar-refractivity contribution in [2.45, 2.75) is 37.4 Å². The van der Waals surface area contributed by atoms with Crippen LogP contribution in [0.4, 0.5) is 0 Å². The zero-order valence-corrected chi connectivity index (χ0v) is 13.5. The standard InChI is InChI=1S/C18H25N3O2/c19-13-15-3-5-16(6-4-15)23-18(7-1-2-8-18)17(22)14-21-11-9-20-10-12-21/h3-6,17,20,22H,1-2,7-12,14H2. The van der Waals surface area contributed by atoms with E-state index in [0.29, 0.717) is 12.1 Å². The highest BCUT2D eigenvalue weighted by atomic mass is 16.5. The first-order valence-electron chi connectivity index (χ1n) is 8.52. The fourth-order valence-corrected chi connectivity index (χ4v) is 3.61. The number of hydrogen-bond acceptors (Lipinski definition) is 5. The van der Waals surface area contributed by atoms with Crippen LogP contribution in [0.3, 0.4) is 0 Å². The van der Waals surface area contributed by atoms with Gasteiger partial charge in [0.2, 0.25) is 0 Å². The van der Waals surface area contributed by atoms with Crippen LogP contribution in [-0.2, 0) is 0 Å². The molecule has 0 spiro atoms. The predicted molar refractivity (Wildman–Crippen MR) is 88.3 cm³/mol. The van der Waals surface area contributed by atoms with E-state index in [1.807, 2.05) is 12.1 Å². The molecule has 1 unspecified atom stereocenters. The number of nitrogens with zero attached hydrogens (tertiary/aromatic N) is 2. The zero-order chi connectivity index (χ0) is 16.1. The van der Waals surface area contributed by atoms with Gasteiger partial charge in [-0.2, -0.15) is 5.26 Å². The minimum Gasteiger partial charge on any atom is -0.485 e. The van der Waals surface area contributed by atoms with Gasteiger partial charge in [0, 0.05) is 32.7 Å². The zero-order valence-electron chi connectivity index (χ0n) is 13.5. The van der Waals surface area contributed by atoms with Crippen molar-refractivity contribution in [1.82, 2.24) is 10.2 Å². The van der Waals surface area contributed by atoms with E-state index in [-0.39, 0.29) is 0 Å². The van der Waals surface area contributed by atoms with E-state index in [1.54, 1.807) is 12.1 Å². The first kappa shape index (κ1) is 16.3. The van der Waals surface area contributed by atoms with Gasteiger partial charge >= 0.3 is 0 Å². The Labute approximate surface area is 137 Å². The molecule has 1 saturated heterocycles. The van der Waals surface area contributed by atoms with E-state index in [1.165, 1.54) is 0 Å². The highest BCUT2D eigenvalue weighted by molar-refractivity contribution is 5.35. The van der Waals surface area contributed by atoms with Gasteiger partial charge in [-0.15, -0.1) is 0 Å². The quantitative estimate of drug-likeness (QED) is 0.862. The molecule has 124 valence electrons. The summed E-state index contributed by atoms with van der Waals surface area (Å²) in [5.74, 6) is 0.741. The second-order valence-electron chi connectivity index (χ2n) is 6.58. The van der Waals surface area contributed by atoms with Gasteiger partial charge in [-0.3, -0.25) is 4.90 Å². The number of nitriles is 1. The molecule has 23 heavy (non-hydrogen) atoms. The number of β-amino-alcohol motifs (C(OH)–C–C–N with tert-alkyl or cyclic N) is 1. The van der Waals surface area contributed by atoms with Gasteiger partial charge in [-0.25, -0.2) is 0 Å². The molecule has 0 amide bonds. The van der Waals surface area contributed by atoms with Crippen molar-refractivity contribution in [3.05, 3.63) is 29.8 Å². The van der Waals surface area contributed by atoms with Gasteiger partial charge in [-0.05, 0) is 49.9 Å². The number of ether oxygens (including phenoxy) is 1. The third kappa shape index (κ3) is 3.84. The number of piperazine rings is 1. The van der Waals surface area contributed by atoms with Gasteiger partial charge in [0.15, 0.2) is 0 Å². The van der Waals surface area contributed by atoms with Crippen LogP contribution in [-0.4, -0.2) is 54.4 Å². The fourth-order valence-electron chi connectivity index (χ4n) is 3.61. The van der Waals surface area contributed by atoms with E-state index in [4.69, 9.17) is 10.00 Å². The third-order valence-corrected chi connectivity index (χ3v) is 5.00. The molecular weight excluding hydrogens is 290 g/mol. The lowest BCUT2D eigenvalue weighted by Crippen LogP contribution is -2.54. The van der Waals surface area contributed by atoms with E-state index in [2.05, 4.69) is 16.3 Å². The SMILES string of the molecule is N#Cc1ccc(OC2(C(O)CN3CCNCC3)CCCC2)cc1. The molecule has 2 fully saturated rings. The number of aliphatic hydroxyl groups excluding tert-OH is 1. The van der Waals surface area contributed by atoms with Crippen LogP contribution < -0.4 is 10.1 Å². The van der Waals surface area contributed by atoms with Crippen LogP contribution in [0.5, 0.6) is 5.75 Å². The molecule has 1 aliphatic heterocycles. The van der Waals surface area contributed by atoms with Crippen molar-refractivity contribution in [1.29, 1.82) is 5.26 Å². The first-order valence-corrected chi connectivity index (χ1v) is 8.52. The molecule has 0 radical (unpaired) electrons. The number of hydrogen-bond donors (Lipinski definition) is 2. The van der Waals surface area contributed by atoms with Crippen LogP contribution in [0, 0.1) is 11.3 Å². The normalized spacial score (nSPS) is 22.4. The van der Waals surface area contributed by atoms with Crippen molar-refractivity contribution in [2.75, 3.05) is 32.7 Å². The summed E-state index contributed by atoms with van der Waals surface area (Å²) in [6.07, 6.45) is 3.48. The maximum absolute atomic E-state index is 10.9. The fraction of sp³-hybridized carbons (Fsp3) is 0.611. The Hall–Kier alpha value is -1.61. The summed E-state index contributed by atoms with van der Waals surface area (Å²) in [4.78, 5) is 2.31. The first-order chi connectivity index (χ1) is 11.2. The Morgan fingerprint density at radius 2 is 1.87 bits per heavy atom. The lowest BCUT2D eigenvalue weighted by Gasteiger charge is -2.38. The lowest BCUT2D eigenvalue weighted by atomic mass is 9.93. The highest BCUT2D eigenvalue weighted by Crippen LogP contribution is 2.37. The molecule has 3 rings (SSSR count). The lowest BCUT2D eigenvalue weighted by molar-refractivity contribution is -0.0646. The van der Waals surface area contributed by atoms with E-state index in [9.17, 15) is 5.11 Å². The van der Waals surface area contributed by atoms with Crippen LogP contribution >= 0.6 is 0 Å². The van der Waals surface area contributed by atoms with Crippen molar-refractivity contribution in [2.24, 2.45) is 0 Å². The summed E-state index contributed by atoms with van der Waals surface area (Å²) >= 11 is 0. The molecule has 1 saturated carbocycles. The van der Waals surface area contributed by atoms with Crippen LogP contribution in [0.1, 0.15) is 31.2 Å². The molecule has 1 aliphatic carbocycles. The van der Waals surface area contributed by atoms with Crippen LogP contribution in [0.25, 0.3) is 0 Å². The number of benzene rings is 1. The maximum Gasteiger partial charge on any atom is 0.136 e. The second-order valence-corrected chi connectivity index (χ2v) is 6.58. The number of rotatable bonds is 5. The summed E-state index contributed by atoms with van der Waals surface area (Å²) in [5.41, 5.74) is 0.137. The van der Waals surface area contributed by atoms with Crippen molar-refractivity contribution < 1.29 is 9.84 Å². The van der Waals surface area contributed by atoms with Gasteiger partial charge < -0.3 is 15.2 Å². The molecule has 5 heteroatoms. The van der Waals surface area contributed by atoms with Gasteiger partial charge in [0.25, 0.3) is 0 Å². The summed E-state index contributed by atoms with van der Waals surface area (Å²) in [7, 11) is 0. The van der Waals surface area contributed by atoms with Crippen molar-refractivity contribution >= 4 is 0 Å². The largest absolute Gasteiger partial charge is 0.485 e. The summed E-state index contributed by atoms with van der Waals surface area (Å²) in [5, 5.41) is 23.1. The molecule has 2 aliphatic rings. The monoisotopic (exact) mass is 315 g/mol. The maximum atomic E-state index is 10.9. The van der Waals surface area contributed by atoms with Crippen LogP contribution in [0.2, 0.25) is 0 Å². The van der Waals surface area contributed by atoms with Gasteiger partial charge in [-0.1, -0.05) is 0 Å². The Morgan fingerprint density at radius 3 is 2.48 bits per heavy atom. The predicted octanol–water partition coefficient (Wildman–Crippen LogP) is 1.52. The summed E-state index contributed by atoms with van der Waals surface area (Å²) < 4.78 is 6.26. The Bertz CT molecular complexity index is 540. The average molecular weight is 315 g/mol. The van der Waals surface area contributed by atoms with Gasteiger partial charge in [0.05, 0.1) is 11.6 Å². The molecule has 2 N–H and O–H groups in total. The third-order valence-electron chi connectivity index (χ3n) is 5.00. The molecule has 1 aromatic carbocycles. The van der Waals surface area contributed by atoms with Crippen LogP contribution in [0.15, 0.2) is 24.3 Å². The minimum atomic E-state index is -0.487. The average Bonchev–Trinajstić information content (AvgIpc) is 3.06. The topological polar surface area (TPSA) is 68.5 Å². The number of aliphatic hydroxyl groups is 1. The van der Waals surface area contributed by atoms with Crippen molar-refractivity contribution in [3.63, 3.8) is 0 Å². The van der Waals surface area contributed by atoms with Crippen molar-refractivity contribution in [3.8, 4) is 11.8 Å². The molecular formula is C18H25N3O2. The Morgan fingerprint density at radius 1 is 1.22 bits per heavy atom. The smallest absolute Gasteiger partial charge is 0.136 e. The Kier molecular flexibility index (Phi) is 5.16. The molecule has 1 heterocycles. The Balaban J connectivity index is 1.69. The molecule has 1 atom stereocenters. The second kappa shape index (κ2) is 7.31. The minimum absolute atomic E-state index is 0.487. The number of nitrogens with one attached hydrogen (secondary N) is 1. The highest BCUT2D eigenvalue weighted by Gasteiger charge is 2.43. The molecule has 5 nitrogen and oxygen atoms in total. The van der Waals surface area contributed by atoms with E-state index >= 15 is 0 Å². The van der Waals surface area contributed by atoms with Gasteiger partial charge in [0.1, 0.15) is 17.5 Å². The molecule has 1 aromatic rings. The van der Waals surface area contributed by atoms with E-state index in [0.717, 1.165) is 57.6 Å². The summed E-state index contributed by atoms with van der Waals surface area (Å²) in [6, 6.07) is 9.30. The molecule has 0 aromatic heterocycles. The molecule has 0 bridgehead atoms.